The van der Waals surface area contributed by atoms with Crippen molar-refractivity contribution in [1.29, 1.82) is 0 Å². The fourth-order valence-corrected chi connectivity index (χ4v) is 4.73. The number of carbonyl (C=O) groups excluding carboxylic acids is 4. The first-order valence-corrected chi connectivity index (χ1v) is 12.5. The van der Waals surface area contributed by atoms with Crippen molar-refractivity contribution in [3.63, 3.8) is 0 Å². The van der Waals surface area contributed by atoms with Gasteiger partial charge in [-0.2, -0.15) is 4.98 Å². The number of rotatable bonds is 8. The van der Waals surface area contributed by atoms with E-state index in [1.807, 2.05) is 12.1 Å². The molecule has 204 valence electrons. The minimum Gasteiger partial charge on any atom is -0.370 e. The van der Waals surface area contributed by atoms with E-state index >= 15 is 0 Å². The molecule has 0 bridgehead atoms. The Morgan fingerprint density at radius 3 is 2.83 bits per heavy atom. The van der Waals surface area contributed by atoms with E-state index in [2.05, 4.69) is 36.9 Å². The summed E-state index contributed by atoms with van der Waals surface area (Å²) in [5, 5.41) is 11.2. The highest BCUT2D eigenvalue weighted by Gasteiger charge is 2.39. The molecular formula is C26H24N8O6. The van der Waals surface area contributed by atoms with Gasteiger partial charge in [-0.3, -0.25) is 24.5 Å². The molecular weight excluding hydrogens is 520 g/mol. The van der Waals surface area contributed by atoms with Crippen LogP contribution in [-0.2, 0) is 27.5 Å². The molecule has 0 spiro atoms. The van der Waals surface area contributed by atoms with Crippen molar-refractivity contribution in [2.75, 3.05) is 22.5 Å². The number of anilines is 3. The number of carbonyl (C=O) groups is 4. The summed E-state index contributed by atoms with van der Waals surface area (Å²) in [6.07, 6.45) is 2.00. The normalized spacial score (nSPS) is 17.4. The van der Waals surface area contributed by atoms with Crippen LogP contribution in [0, 0.1) is 0 Å². The lowest BCUT2D eigenvalue weighted by atomic mass is 10.0. The molecule has 14 heteroatoms. The summed E-state index contributed by atoms with van der Waals surface area (Å²) in [4.78, 5) is 69.9. The molecule has 0 radical (unpaired) electrons. The highest BCUT2D eigenvalue weighted by molar-refractivity contribution is 6.07. The van der Waals surface area contributed by atoms with Gasteiger partial charge >= 0.3 is 0 Å². The quantitative estimate of drug-likeness (QED) is 0.257. The van der Waals surface area contributed by atoms with E-state index < -0.39 is 11.9 Å². The maximum Gasteiger partial charge on any atom is 0.255 e. The molecule has 3 aliphatic rings. The molecule has 1 fully saturated rings. The van der Waals surface area contributed by atoms with Crippen molar-refractivity contribution in [3.8, 4) is 11.5 Å². The second kappa shape index (κ2) is 10.5. The number of piperidine rings is 1. The van der Waals surface area contributed by atoms with E-state index in [4.69, 9.17) is 9.68 Å². The van der Waals surface area contributed by atoms with Crippen LogP contribution in [0.5, 0.6) is 11.5 Å². The van der Waals surface area contributed by atoms with Gasteiger partial charge in [0.2, 0.25) is 23.7 Å². The Kier molecular flexibility index (Phi) is 6.57. The molecule has 1 unspecified atom stereocenters. The van der Waals surface area contributed by atoms with Crippen molar-refractivity contribution >= 4 is 41.1 Å². The zero-order chi connectivity index (χ0) is 27.6. The fraction of sp³-hybridized carbons (Fsp3) is 0.231. The van der Waals surface area contributed by atoms with E-state index in [9.17, 15) is 19.2 Å². The molecule has 4 heterocycles. The Hall–Kier alpha value is -5.24. The van der Waals surface area contributed by atoms with E-state index in [0.29, 0.717) is 46.6 Å². The highest BCUT2D eigenvalue weighted by Crippen LogP contribution is 2.33. The van der Waals surface area contributed by atoms with Gasteiger partial charge in [0, 0.05) is 48.2 Å². The number of fused-ring (bicyclic) bond motifs is 2. The molecule has 0 aliphatic carbocycles. The average Bonchev–Trinajstić information content (AvgIpc) is 3.56. The minimum atomic E-state index is -0.731. The topological polar surface area (TPSA) is 176 Å². The van der Waals surface area contributed by atoms with Crippen molar-refractivity contribution in [1.82, 2.24) is 25.8 Å². The predicted molar refractivity (Wildman–Crippen MR) is 140 cm³/mol. The lowest BCUT2D eigenvalue weighted by molar-refractivity contribution is -0.137. The van der Waals surface area contributed by atoms with Crippen LogP contribution in [0.1, 0.15) is 34.3 Å². The zero-order valence-electron chi connectivity index (χ0n) is 21.0. The molecule has 14 nitrogen and oxygen atoms in total. The second-order valence-corrected chi connectivity index (χ2v) is 9.32. The van der Waals surface area contributed by atoms with Gasteiger partial charge < -0.3 is 30.5 Å². The molecule has 6 rings (SSSR count). The number of amides is 4. The molecule has 2 aromatic carbocycles. The second-order valence-electron chi connectivity index (χ2n) is 9.32. The molecule has 3 aromatic rings. The third kappa shape index (κ3) is 5.07. The predicted octanol–water partition coefficient (Wildman–Crippen LogP) is 1.09. The molecule has 1 aromatic heterocycles. The van der Waals surface area contributed by atoms with E-state index in [1.165, 1.54) is 4.90 Å². The van der Waals surface area contributed by atoms with Gasteiger partial charge in [0.1, 0.15) is 11.9 Å². The van der Waals surface area contributed by atoms with Crippen LogP contribution in [0.2, 0.25) is 0 Å². The Labute approximate surface area is 227 Å². The lowest BCUT2D eigenvalue weighted by Gasteiger charge is -2.29. The lowest BCUT2D eigenvalue weighted by Crippen LogP contribution is -2.52. The monoisotopic (exact) mass is 544 g/mol. The highest BCUT2D eigenvalue weighted by atomic mass is 16.9. The Balaban J connectivity index is 1.05. The van der Waals surface area contributed by atoms with Crippen molar-refractivity contribution in [2.24, 2.45) is 0 Å². The number of benzene rings is 2. The first-order valence-electron chi connectivity index (χ1n) is 12.5. The Bertz CT molecular complexity index is 1530. The standard InChI is InChI=1S/C26H24N8O6/c35-22-7-5-18(24(37)32-22)34-13-16-15(25(34)38)2-1-3-17(16)30-23(36)12-28-21-8-9-27-26(31-21)29-11-14-4-6-19-20(10-14)40-33-39-19/h1-4,6,8-10,18,33H,5,7,11-13H2,(H,30,36)(H,32,35,37)(H2,27,28,29,31). The number of hydrogen-bond donors (Lipinski definition) is 5. The van der Waals surface area contributed by atoms with Gasteiger partial charge in [-0.25, -0.2) is 4.98 Å². The van der Waals surface area contributed by atoms with E-state index in [-0.39, 0.29) is 43.7 Å². The van der Waals surface area contributed by atoms with Crippen LogP contribution in [0.3, 0.4) is 0 Å². The van der Waals surface area contributed by atoms with Crippen molar-refractivity contribution in [2.45, 2.75) is 32.0 Å². The average molecular weight is 545 g/mol. The van der Waals surface area contributed by atoms with Gasteiger partial charge in [0.15, 0.2) is 11.5 Å². The summed E-state index contributed by atoms with van der Waals surface area (Å²) >= 11 is 0. The van der Waals surface area contributed by atoms with Crippen LogP contribution in [0.25, 0.3) is 0 Å². The van der Waals surface area contributed by atoms with E-state index in [1.54, 1.807) is 36.5 Å². The third-order valence-corrected chi connectivity index (χ3v) is 6.70. The van der Waals surface area contributed by atoms with Gasteiger partial charge in [0.25, 0.3) is 5.91 Å². The van der Waals surface area contributed by atoms with Crippen molar-refractivity contribution < 1.29 is 28.9 Å². The number of nitrogens with one attached hydrogen (secondary N) is 5. The first kappa shape index (κ1) is 25.1. The molecule has 4 amide bonds. The summed E-state index contributed by atoms with van der Waals surface area (Å²) in [5.41, 5.74) is 4.79. The van der Waals surface area contributed by atoms with Crippen LogP contribution in [0.15, 0.2) is 48.7 Å². The fourth-order valence-electron chi connectivity index (χ4n) is 4.73. The van der Waals surface area contributed by atoms with Gasteiger partial charge in [-0.1, -0.05) is 12.1 Å². The van der Waals surface area contributed by atoms with Crippen LogP contribution >= 0.6 is 0 Å². The summed E-state index contributed by atoms with van der Waals surface area (Å²) in [6, 6.07) is 11.4. The largest absolute Gasteiger partial charge is 0.370 e. The van der Waals surface area contributed by atoms with Crippen LogP contribution in [-0.4, -0.2) is 51.1 Å². The summed E-state index contributed by atoms with van der Waals surface area (Å²) < 4.78 is 0. The molecule has 5 N–H and O–H groups in total. The Morgan fingerprint density at radius 1 is 1.07 bits per heavy atom. The van der Waals surface area contributed by atoms with E-state index in [0.717, 1.165) is 5.56 Å². The van der Waals surface area contributed by atoms with Crippen molar-refractivity contribution in [3.05, 3.63) is 65.4 Å². The number of imide groups is 1. The Morgan fingerprint density at radius 2 is 1.95 bits per heavy atom. The third-order valence-electron chi connectivity index (χ3n) is 6.70. The summed E-state index contributed by atoms with van der Waals surface area (Å²) in [6.45, 7) is 0.513. The van der Waals surface area contributed by atoms with Gasteiger partial charge in [0.05, 0.1) is 6.54 Å². The summed E-state index contributed by atoms with van der Waals surface area (Å²) in [7, 11) is 0. The van der Waals surface area contributed by atoms with Gasteiger partial charge in [-0.05, 0) is 42.3 Å². The maximum atomic E-state index is 13.0. The molecule has 0 saturated carbocycles. The minimum absolute atomic E-state index is 0.0832. The zero-order valence-corrected chi connectivity index (χ0v) is 21.0. The molecule has 1 atom stereocenters. The van der Waals surface area contributed by atoms with Crippen LogP contribution < -0.4 is 36.6 Å². The van der Waals surface area contributed by atoms with Gasteiger partial charge in [-0.15, -0.1) is 0 Å². The number of aromatic nitrogens is 2. The number of nitrogens with zero attached hydrogens (tertiary/aromatic N) is 3. The van der Waals surface area contributed by atoms with Crippen LogP contribution in [0.4, 0.5) is 17.5 Å². The molecule has 3 aliphatic heterocycles. The summed E-state index contributed by atoms with van der Waals surface area (Å²) in [5.74, 6) is 0.509. The SMILES string of the molecule is O=C1CCC(N2Cc3c(NC(=O)CNc4ccnc(NCc5ccc6c(c5)ONO6)n4)cccc3C2=O)C(=O)N1. The number of hydrogen-bond acceptors (Lipinski definition) is 11. The molecule has 40 heavy (non-hydrogen) atoms. The molecule has 1 saturated heterocycles. The smallest absolute Gasteiger partial charge is 0.255 e. The first-order chi connectivity index (χ1) is 19.4. The maximum absolute atomic E-state index is 13.0.